The number of urea groups is 1. The van der Waals surface area contributed by atoms with E-state index in [1.54, 1.807) is 94.4 Å². The quantitative estimate of drug-likeness (QED) is 0.119. The Bertz CT molecular complexity index is 2680. The van der Waals surface area contributed by atoms with E-state index in [2.05, 4.69) is 5.32 Å². The molecule has 0 radical (unpaired) electrons. The van der Waals surface area contributed by atoms with E-state index in [1.165, 1.54) is 45.3 Å². The maximum Gasteiger partial charge on any atom is 0.338 e. The maximum absolute atomic E-state index is 16.0. The van der Waals surface area contributed by atoms with Crippen LogP contribution in [0.1, 0.15) is 109 Å². The van der Waals surface area contributed by atoms with Crippen molar-refractivity contribution in [2.24, 2.45) is 16.7 Å². The summed E-state index contributed by atoms with van der Waals surface area (Å²) in [6, 6.07) is 20.1. The van der Waals surface area contributed by atoms with Gasteiger partial charge in [-0.1, -0.05) is 62.4 Å². The number of amides is 2. The van der Waals surface area contributed by atoms with Gasteiger partial charge in [0.1, 0.15) is 35.4 Å². The fourth-order valence-corrected chi connectivity index (χ4v) is 12.1. The first-order valence-corrected chi connectivity index (χ1v) is 24.4. The summed E-state index contributed by atoms with van der Waals surface area (Å²) in [4.78, 5) is 88.9. The van der Waals surface area contributed by atoms with Gasteiger partial charge in [-0.15, -0.1) is 0 Å². The van der Waals surface area contributed by atoms with Crippen LogP contribution in [-0.4, -0.2) is 127 Å². The number of carbonyl (C=O) groups excluding carboxylic acids is 6. The molecule has 2 amide bonds. The molecule has 8 rings (SSSR count). The number of hydrogen-bond acceptors (Lipinski definition) is 16. The largest absolute Gasteiger partial charge is 0.497 e. The van der Waals surface area contributed by atoms with Crippen LogP contribution in [0.5, 0.6) is 11.5 Å². The van der Waals surface area contributed by atoms with E-state index >= 15 is 9.59 Å². The Morgan fingerprint density at radius 2 is 1.51 bits per heavy atom. The molecule has 3 aliphatic carbocycles. The molecule has 0 spiro atoms. The van der Waals surface area contributed by atoms with Crippen LogP contribution in [0.15, 0.2) is 90.0 Å². The van der Waals surface area contributed by atoms with Gasteiger partial charge in [-0.2, -0.15) is 0 Å². The molecule has 2 bridgehead atoms. The molecule has 2 N–H and O–H groups in total. The van der Waals surface area contributed by atoms with Gasteiger partial charge in [-0.05, 0) is 75.6 Å². The van der Waals surface area contributed by atoms with E-state index in [0.717, 1.165) is 6.92 Å². The molecule has 73 heavy (non-hydrogen) atoms. The number of esters is 4. The van der Waals surface area contributed by atoms with Gasteiger partial charge in [0.25, 0.3) is 0 Å². The number of aliphatic hydroxyl groups is 1. The van der Waals surface area contributed by atoms with Crippen molar-refractivity contribution < 1.29 is 76.5 Å². The molecular formula is C55H66N2O16. The average molecular weight is 1010 g/mol. The lowest BCUT2D eigenvalue weighted by molar-refractivity contribution is -0.347. The zero-order valence-electron chi connectivity index (χ0n) is 43.3. The zero-order valence-corrected chi connectivity index (χ0v) is 43.3. The Labute approximate surface area is 424 Å². The molecule has 2 saturated carbocycles. The first kappa shape index (κ1) is 53.0. The van der Waals surface area contributed by atoms with Gasteiger partial charge in [0, 0.05) is 56.4 Å². The molecule has 2 heterocycles. The SMILES string of the molecule is COc1ccc(C2OC(C(=O)OC3C[C@@]4(O)[C@@H](OC(=O)c5ccccc5)C5[C@]6(OC(C)=O)COC6C[C@H](OC)[C@@]5(C)C(=O)[C@H](OC(C)=O)C(=C3C)C4(C)C)[C@H](c3ccccc3)N2C(=O)NC(C)(C)C)c(OC)c1. The molecule has 392 valence electrons. The van der Waals surface area contributed by atoms with Crippen LogP contribution in [0.2, 0.25) is 0 Å². The fourth-order valence-electron chi connectivity index (χ4n) is 12.1. The monoisotopic (exact) mass is 1010 g/mol. The van der Waals surface area contributed by atoms with E-state index in [-0.39, 0.29) is 29.7 Å². The molecule has 2 aliphatic heterocycles. The van der Waals surface area contributed by atoms with Crippen LogP contribution < -0.4 is 14.8 Å². The van der Waals surface area contributed by atoms with Gasteiger partial charge >= 0.3 is 29.9 Å². The number of nitrogens with zero attached hydrogens (tertiary/aromatic N) is 1. The zero-order chi connectivity index (χ0) is 53.2. The second kappa shape index (κ2) is 19.5. The molecule has 18 nitrogen and oxygen atoms in total. The smallest absolute Gasteiger partial charge is 0.338 e. The Morgan fingerprint density at radius 1 is 0.849 bits per heavy atom. The number of fused-ring (bicyclic) bond motifs is 5. The molecule has 5 aliphatic rings. The maximum atomic E-state index is 16.0. The third-order valence-corrected chi connectivity index (χ3v) is 15.6. The summed E-state index contributed by atoms with van der Waals surface area (Å²) in [6.07, 6.45) is -10.1. The minimum atomic E-state index is -2.35. The van der Waals surface area contributed by atoms with Crippen molar-refractivity contribution >= 4 is 35.7 Å². The minimum Gasteiger partial charge on any atom is -0.497 e. The lowest BCUT2D eigenvalue weighted by Crippen LogP contribution is -2.82. The summed E-state index contributed by atoms with van der Waals surface area (Å²) in [7, 11) is 4.36. The van der Waals surface area contributed by atoms with Crippen LogP contribution in [0.25, 0.3) is 0 Å². The van der Waals surface area contributed by atoms with Crippen LogP contribution in [0.4, 0.5) is 4.79 Å². The second-order valence-electron chi connectivity index (χ2n) is 21.3. The fraction of sp³-hybridized carbons (Fsp3) is 0.527. The summed E-state index contributed by atoms with van der Waals surface area (Å²) in [6.45, 7) is 14.0. The van der Waals surface area contributed by atoms with Gasteiger partial charge in [-0.25, -0.2) is 14.4 Å². The number of ether oxygens (including phenoxy) is 9. The average Bonchev–Trinajstić information content (AvgIpc) is 3.74. The van der Waals surface area contributed by atoms with Crippen LogP contribution in [0.3, 0.4) is 0 Å². The standard InChI is InChI=1S/C55H66N2O16/c1-29-37(70-49(62)43-41(32-19-15-13-16-20-32)57(50(63)56-51(4,5)6)47(71-43)35-24-23-34(65-10)25-36(35)66-11)27-55(64)46(72-48(61)33-21-17-14-18-22-33)44-53(9,45(60)42(69-30(2)58)40(29)52(55,7)8)38(67-12)26-39-54(44,28-68-39)73-31(3)59/h13-25,37-39,41-44,46-47,64H,26-28H2,1-12H3,(H,56,63)/t37?,38-,39?,41-,42+,43?,44?,46-,47?,53+,54-,55+/m0/s1. The van der Waals surface area contributed by atoms with Crippen molar-refractivity contribution in [1.29, 1.82) is 0 Å². The van der Waals surface area contributed by atoms with E-state index < -0.39 is 124 Å². The summed E-state index contributed by atoms with van der Waals surface area (Å²) >= 11 is 0. The van der Waals surface area contributed by atoms with Crippen molar-refractivity contribution in [2.75, 3.05) is 27.9 Å². The number of nitrogens with one attached hydrogen (secondary N) is 1. The van der Waals surface area contributed by atoms with Crippen molar-refractivity contribution in [3.05, 3.63) is 107 Å². The van der Waals surface area contributed by atoms with Gasteiger partial charge in [0.05, 0.1) is 49.9 Å². The van der Waals surface area contributed by atoms with E-state index in [4.69, 9.17) is 42.6 Å². The summed E-state index contributed by atoms with van der Waals surface area (Å²) in [5.74, 6) is -4.80. The third kappa shape index (κ3) is 8.93. The molecular weight excluding hydrogens is 945 g/mol. The van der Waals surface area contributed by atoms with Crippen LogP contribution >= 0.6 is 0 Å². The van der Waals surface area contributed by atoms with Gasteiger partial charge in [0.15, 0.2) is 29.8 Å². The van der Waals surface area contributed by atoms with Crippen LogP contribution in [-0.2, 0) is 52.3 Å². The summed E-state index contributed by atoms with van der Waals surface area (Å²) < 4.78 is 55.8. The molecule has 2 saturated heterocycles. The lowest BCUT2D eigenvalue weighted by atomic mass is 9.44. The third-order valence-electron chi connectivity index (χ3n) is 15.6. The molecule has 12 atom stereocenters. The highest BCUT2D eigenvalue weighted by atomic mass is 16.6. The molecule has 0 aromatic heterocycles. The molecule has 3 aromatic carbocycles. The highest BCUT2D eigenvalue weighted by Crippen LogP contribution is 2.65. The van der Waals surface area contributed by atoms with E-state index in [1.807, 2.05) is 20.8 Å². The summed E-state index contributed by atoms with van der Waals surface area (Å²) in [5.41, 5.74) is -6.93. The first-order valence-electron chi connectivity index (χ1n) is 24.4. The number of Topliss-reactive ketones (excluding diaryl/α,β-unsaturated/α-hetero) is 1. The number of methoxy groups -OCH3 is 3. The highest BCUT2D eigenvalue weighted by molar-refractivity contribution is 5.96. The number of rotatable bonds is 11. The minimum absolute atomic E-state index is 0.0346. The normalized spacial score (nSPS) is 32.3. The van der Waals surface area contributed by atoms with Crippen LogP contribution in [0, 0.1) is 16.7 Å². The molecule has 3 aromatic rings. The lowest BCUT2D eigenvalue weighted by Gasteiger charge is -2.67. The van der Waals surface area contributed by atoms with Gasteiger partial charge < -0.3 is 53.1 Å². The van der Waals surface area contributed by atoms with Crippen molar-refractivity contribution in [3.8, 4) is 11.5 Å². The number of carbonyl (C=O) groups is 6. The Kier molecular flexibility index (Phi) is 14.1. The van der Waals surface area contributed by atoms with Gasteiger partial charge in [-0.3, -0.25) is 19.3 Å². The predicted octanol–water partition coefficient (Wildman–Crippen LogP) is 6.52. The molecule has 5 unspecified atom stereocenters. The molecule has 4 fully saturated rings. The summed E-state index contributed by atoms with van der Waals surface area (Å²) in [5, 5.41) is 17.2. The molecule has 18 heteroatoms. The number of hydrogen-bond donors (Lipinski definition) is 2. The Hall–Kier alpha value is -6.34. The highest BCUT2D eigenvalue weighted by Gasteiger charge is 2.78. The second-order valence-corrected chi connectivity index (χ2v) is 21.3. The van der Waals surface area contributed by atoms with Crippen molar-refractivity contribution in [1.82, 2.24) is 10.2 Å². The Morgan fingerprint density at radius 3 is 2.07 bits per heavy atom. The van der Waals surface area contributed by atoms with Gasteiger partial charge in [0.2, 0.25) is 0 Å². The first-order chi connectivity index (χ1) is 34.4. The van der Waals surface area contributed by atoms with E-state index in [9.17, 15) is 24.3 Å². The Balaban J connectivity index is 1.32. The van der Waals surface area contributed by atoms with Crippen molar-refractivity contribution in [3.63, 3.8) is 0 Å². The predicted molar refractivity (Wildman–Crippen MR) is 260 cm³/mol. The topological polar surface area (TPSA) is 221 Å². The van der Waals surface area contributed by atoms with E-state index in [0.29, 0.717) is 22.6 Å². The number of ketones is 1. The van der Waals surface area contributed by atoms with Crippen molar-refractivity contribution in [2.45, 2.75) is 141 Å². The number of benzene rings is 3.